The van der Waals surface area contributed by atoms with Crippen LogP contribution in [0.2, 0.25) is 0 Å². The molecule has 19 heavy (non-hydrogen) atoms. The minimum Gasteiger partial charge on any atom is -0.490 e. The van der Waals surface area contributed by atoms with Crippen LogP contribution in [0.25, 0.3) is 0 Å². The summed E-state index contributed by atoms with van der Waals surface area (Å²) in [4.78, 5) is 0. The lowest BCUT2D eigenvalue weighted by molar-refractivity contribution is 0.00710. The van der Waals surface area contributed by atoms with Crippen LogP contribution in [0.3, 0.4) is 0 Å². The first-order valence-electron chi connectivity index (χ1n) is 7.00. The average Bonchev–Trinajstić information content (AvgIpc) is 2.72. The van der Waals surface area contributed by atoms with Crippen molar-refractivity contribution < 1.29 is 19.3 Å². The molecule has 1 fully saturated rings. The third-order valence-electron chi connectivity index (χ3n) is 3.83. The van der Waals surface area contributed by atoms with Crippen LogP contribution in [-0.4, -0.2) is 31.5 Å². The number of aliphatic hydroxyl groups excluding tert-OH is 1. The number of fused-ring (bicyclic) bond motifs is 1. The predicted molar refractivity (Wildman–Crippen MR) is 70.6 cm³/mol. The summed E-state index contributed by atoms with van der Waals surface area (Å²) in [5.41, 5.74) is 0.913. The second kappa shape index (κ2) is 5.80. The quantitative estimate of drug-likeness (QED) is 0.890. The maximum atomic E-state index is 10.5. The molecule has 1 saturated heterocycles. The van der Waals surface area contributed by atoms with Crippen LogP contribution >= 0.6 is 0 Å². The second-order valence-electron chi connectivity index (χ2n) is 5.15. The first-order valence-corrected chi connectivity index (χ1v) is 7.00. The number of aliphatic hydroxyl groups is 1. The average molecular weight is 264 g/mol. The van der Waals surface area contributed by atoms with Crippen molar-refractivity contribution in [2.75, 3.05) is 26.4 Å². The lowest BCUT2D eigenvalue weighted by Gasteiger charge is -2.27. The minimum atomic E-state index is -0.443. The zero-order valence-electron chi connectivity index (χ0n) is 11.0. The molecule has 2 heterocycles. The van der Waals surface area contributed by atoms with Crippen LogP contribution in [0.15, 0.2) is 18.2 Å². The van der Waals surface area contributed by atoms with Crippen molar-refractivity contribution in [1.82, 2.24) is 0 Å². The Morgan fingerprint density at radius 1 is 1.00 bits per heavy atom. The highest BCUT2D eigenvalue weighted by molar-refractivity contribution is 5.44. The van der Waals surface area contributed by atoms with Gasteiger partial charge in [0.15, 0.2) is 11.5 Å². The van der Waals surface area contributed by atoms with Crippen LogP contribution in [0.1, 0.15) is 30.9 Å². The van der Waals surface area contributed by atoms with E-state index in [2.05, 4.69) is 0 Å². The summed E-state index contributed by atoms with van der Waals surface area (Å²) in [6.45, 7) is 2.84. The summed E-state index contributed by atoms with van der Waals surface area (Å²) in [5.74, 6) is 1.81. The van der Waals surface area contributed by atoms with E-state index in [1.807, 2.05) is 18.2 Å². The molecule has 0 aliphatic carbocycles. The van der Waals surface area contributed by atoms with Crippen molar-refractivity contribution in [2.24, 2.45) is 5.92 Å². The minimum absolute atomic E-state index is 0.276. The van der Waals surface area contributed by atoms with Gasteiger partial charge < -0.3 is 19.3 Å². The SMILES string of the molecule is OC(c1ccc2c(c1)OCCCO2)C1CCOCC1. The Labute approximate surface area is 113 Å². The zero-order chi connectivity index (χ0) is 13.1. The van der Waals surface area contributed by atoms with Crippen molar-refractivity contribution in [3.8, 4) is 11.5 Å². The lowest BCUT2D eigenvalue weighted by atomic mass is 9.89. The van der Waals surface area contributed by atoms with Gasteiger partial charge in [0.05, 0.1) is 19.3 Å². The van der Waals surface area contributed by atoms with Crippen molar-refractivity contribution in [3.63, 3.8) is 0 Å². The van der Waals surface area contributed by atoms with Crippen LogP contribution in [0.4, 0.5) is 0 Å². The highest BCUT2D eigenvalue weighted by atomic mass is 16.5. The van der Waals surface area contributed by atoms with E-state index in [0.717, 1.165) is 49.5 Å². The van der Waals surface area contributed by atoms with Gasteiger partial charge in [-0.2, -0.15) is 0 Å². The Morgan fingerprint density at radius 3 is 2.53 bits per heavy atom. The Hall–Kier alpha value is -1.26. The van der Waals surface area contributed by atoms with E-state index in [0.29, 0.717) is 13.2 Å². The van der Waals surface area contributed by atoms with Gasteiger partial charge in [-0.1, -0.05) is 6.07 Å². The second-order valence-corrected chi connectivity index (χ2v) is 5.15. The Kier molecular flexibility index (Phi) is 3.89. The molecule has 4 heteroatoms. The molecule has 0 saturated carbocycles. The largest absolute Gasteiger partial charge is 0.490 e. The molecule has 0 spiro atoms. The molecule has 1 aromatic rings. The van der Waals surface area contributed by atoms with Crippen molar-refractivity contribution >= 4 is 0 Å². The van der Waals surface area contributed by atoms with E-state index in [4.69, 9.17) is 14.2 Å². The van der Waals surface area contributed by atoms with Gasteiger partial charge in [0.25, 0.3) is 0 Å². The van der Waals surface area contributed by atoms with E-state index < -0.39 is 6.10 Å². The molecule has 0 radical (unpaired) electrons. The van der Waals surface area contributed by atoms with Gasteiger partial charge in [-0.3, -0.25) is 0 Å². The molecule has 4 nitrogen and oxygen atoms in total. The number of hydrogen-bond donors (Lipinski definition) is 1. The van der Waals surface area contributed by atoms with Crippen LogP contribution in [-0.2, 0) is 4.74 Å². The van der Waals surface area contributed by atoms with E-state index in [9.17, 15) is 5.11 Å². The Bertz CT molecular complexity index is 426. The summed E-state index contributed by atoms with van der Waals surface area (Å²) in [5, 5.41) is 10.5. The number of benzene rings is 1. The molecular formula is C15H20O4. The lowest BCUT2D eigenvalue weighted by Crippen LogP contribution is -2.22. The standard InChI is InChI=1S/C15H20O4/c16-15(11-4-8-17-9-5-11)12-2-3-13-14(10-12)19-7-1-6-18-13/h2-3,10-11,15-16H,1,4-9H2. The van der Waals surface area contributed by atoms with Crippen LogP contribution in [0, 0.1) is 5.92 Å². The van der Waals surface area contributed by atoms with Gasteiger partial charge >= 0.3 is 0 Å². The monoisotopic (exact) mass is 264 g/mol. The highest BCUT2D eigenvalue weighted by Gasteiger charge is 2.24. The van der Waals surface area contributed by atoms with Crippen LogP contribution in [0.5, 0.6) is 11.5 Å². The van der Waals surface area contributed by atoms with E-state index in [1.54, 1.807) is 0 Å². The summed E-state index contributed by atoms with van der Waals surface area (Å²) < 4.78 is 16.6. The molecule has 3 rings (SSSR count). The molecule has 1 aromatic carbocycles. The van der Waals surface area contributed by atoms with E-state index in [1.165, 1.54) is 0 Å². The maximum absolute atomic E-state index is 10.5. The van der Waals surface area contributed by atoms with Crippen LogP contribution < -0.4 is 9.47 Å². The van der Waals surface area contributed by atoms with Crippen molar-refractivity contribution in [1.29, 1.82) is 0 Å². The van der Waals surface area contributed by atoms with Gasteiger partial charge in [-0.25, -0.2) is 0 Å². The summed E-state index contributed by atoms with van der Waals surface area (Å²) in [7, 11) is 0. The maximum Gasteiger partial charge on any atom is 0.161 e. The number of hydrogen-bond acceptors (Lipinski definition) is 4. The molecule has 0 aromatic heterocycles. The summed E-state index contributed by atoms with van der Waals surface area (Å²) >= 11 is 0. The summed E-state index contributed by atoms with van der Waals surface area (Å²) in [6.07, 6.45) is 2.28. The molecule has 0 bridgehead atoms. The Balaban J connectivity index is 1.78. The normalized spacial score (nSPS) is 21.7. The molecular weight excluding hydrogens is 244 g/mol. The van der Waals surface area contributed by atoms with Gasteiger partial charge in [0.1, 0.15) is 0 Å². The number of rotatable bonds is 2. The van der Waals surface area contributed by atoms with Crippen molar-refractivity contribution in [2.45, 2.75) is 25.4 Å². The molecule has 1 unspecified atom stereocenters. The van der Waals surface area contributed by atoms with Gasteiger partial charge in [0, 0.05) is 19.6 Å². The topological polar surface area (TPSA) is 47.9 Å². The summed E-state index contributed by atoms with van der Waals surface area (Å²) in [6, 6.07) is 5.76. The first kappa shape index (κ1) is 12.8. The molecule has 1 N–H and O–H groups in total. The molecule has 104 valence electrons. The molecule has 2 aliphatic heterocycles. The molecule has 0 amide bonds. The van der Waals surface area contributed by atoms with Crippen molar-refractivity contribution in [3.05, 3.63) is 23.8 Å². The third kappa shape index (κ3) is 2.85. The fourth-order valence-corrected chi connectivity index (χ4v) is 2.67. The van der Waals surface area contributed by atoms with Gasteiger partial charge in [-0.05, 0) is 36.5 Å². The number of ether oxygens (including phenoxy) is 3. The molecule has 1 atom stereocenters. The Morgan fingerprint density at radius 2 is 1.74 bits per heavy atom. The fourth-order valence-electron chi connectivity index (χ4n) is 2.67. The fraction of sp³-hybridized carbons (Fsp3) is 0.600. The van der Waals surface area contributed by atoms with E-state index >= 15 is 0 Å². The van der Waals surface area contributed by atoms with E-state index in [-0.39, 0.29) is 5.92 Å². The molecule has 2 aliphatic rings. The van der Waals surface area contributed by atoms with Gasteiger partial charge in [0.2, 0.25) is 0 Å². The smallest absolute Gasteiger partial charge is 0.161 e. The highest BCUT2D eigenvalue weighted by Crippen LogP contribution is 2.36. The predicted octanol–water partition coefficient (Wildman–Crippen LogP) is 2.31. The third-order valence-corrected chi connectivity index (χ3v) is 3.83. The first-order chi connectivity index (χ1) is 9.34. The zero-order valence-corrected chi connectivity index (χ0v) is 11.0. The van der Waals surface area contributed by atoms with Gasteiger partial charge in [-0.15, -0.1) is 0 Å².